The minimum atomic E-state index is -0.953. The number of β-amino-alcohol motifs (C(OH)–C–C–N with tert-alkyl or cyclic N) is 1. The van der Waals surface area contributed by atoms with Crippen molar-refractivity contribution in [2.45, 2.75) is 104 Å². The summed E-state index contributed by atoms with van der Waals surface area (Å²) in [7, 11) is 0. The maximum Gasteiger partial charge on any atom is 0.259 e. The van der Waals surface area contributed by atoms with E-state index in [1.54, 1.807) is 23.5 Å². The molecule has 0 aliphatic carbocycles. The highest BCUT2D eigenvalue weighted by molar-refractivity contribution is 7.81. The Bertz CT molecular complexity index is 2450. The zero-order valence-electron chi connectivity index (χ0n) is 39.3. The summed E-state index contributed by atoms with van der Waals surface area (Å²) in [5.41, 5.74) is 5.81. The van der Waals surface area contributed by atoms with Gasteiger partial charge in [-0.05, 0) is 118 Å². The molecule has 0 bridgehead atoms. The van der Waals surface area contributed by atoms with Gasteiger partial charge in [-0.3, -0.25) is 24.1 Å². The normalized spacial score (nSPS) is 17.4. The summed E-state index contributed by atoms with van der Waals surface area (Å²) >= 11 is 7.38. The average Bonchev–Trinajstić information content (AvgIpc) is 3.96. The summed E-state index contributed by atoms with van der Waals surface area (Å²) in [6.07, 6.45) is 1.36. The highest BCUT2D eigenvalue weighted by Crippen LogP contribution is 2.38. The molecule has 67 heavy (non-hydrogen) atoms. The molecule has 2 aliphatic heterocycles. The Morgan fingerprint density at radius 1 is 0.970 bits per heavy atom. The molecule has 0 saturated carbocycles. The van der Waals surface area contributed by atoms with Crippen molar-refractivity contribution in [3.05, 3.63) is 100 Å². The zero-order valence-corrected chi connectivity index (χ0v) is 40.9. The van der Waals surface area contributed by atoms with Crippen LogP contribution in [0.15, 0.2) is 72.2 Å². The number of aliphatic hydroxyl groups excluding tert-OH is 1. The van der Waals surface area contributed by atoms with Crippen LogP contribution in [0, 0.1) is 25.8 Å². The lowest BCUT2D eigenvalue weighted by Crippen LogP contribution is -2.58. The number of aliphatic hydroxyl groups is 1. The van der Waals surface area contributed by atoms with Gasteiger partial charge in [-0.15, -0.1) is 11.3 Å². The molecule has 17 heteroatoms. The minimum Gasteiger partial charge on any atom is -0.494 e. The topological polar surface area (TPSA) is 167 Å². The molecule has 0 unspecified atom stereocenters. The smallest absolute Gasteiger partial charge is 0.259 e. The molecule has 1 aromatic heterocycles. The third-order valence-electron chi connectivity index (χ3n) is 11.8. The first-order chi connectivity index (χ1) is 31.9. The van der Waals surface area contributed by atoms with E-state index in [0.717, 1.165) is 45.8 Å². The van der Waals surface area contributed by atoms with Crippen LogP contribution in [0.1, 0.15) is 77.1 Å². The van der Waals surface area contributed by atoms with Gasteiger partial charge in [0.25, 0.3) is 5.91 Å². The fraction of sp³-hybridized carbons (Fsp3) is 0.460. The van der Waals surface area contributed by atoms with E-state index in [0.29, 0.717) is 48.5 Å². The second-order valence-electron chi connectivity index (χ2n) is 18.4. The van der Waals surface area contributed by atoms with E-state index in [2.05, 4.69) is 20.5 Å². The molecule has 3 heterocycles. The molecule has 3 atom stereocenters. The molecule has 4 aromatic rings. The number of hydrogen-bond donors (Lipinski definition) is 3. The van der Waals surface area contributed by atoms with E-state index < -0.39 is 41.0 Å². The summed E-state index contributed by atoms with van der Waals surface area (Å²) in [6.45, 7) is 22.1. The second-order valence-corrected chi connectivity index (χ2v) is 19.6. The van der Waals surface area contributed by atoms with Gasteiger partial charge < -0.3 is 39.8 Å². The van der Waals surface area contributed by atoms with E-state index >= 15 is 0 Å². The molecular formula is C50H61N7O8S2. The first kappa shape index (κ1) is 50.6. The van der Waals surface area contributed by atoms with E-state index in [1.165, 1.54) is 9.80 Å². The lowest BCUT2D eigenvalue weighted by atomic mass is 9.85. The minimum absolute atomic E-state index is 0.0120. The predicted octanol–water partition coefficient (Wildman–Crippen LogP) is 7.29. The Kier molecular flexibility index (Phi) is 16.9. The quantitative estimate of drug-likeness (QED) is 0.0463. The molecule has 3 aromatic carbocycles. The van der Waals surface area contributed by atoms with Crippen LogP contribution in [0.5, 0.6) is 5.75 Å². The molecule has 6 rings (SSSR count). The Balaban J connectivity index is 0.856. The van der Waals surface area contributed by atoms with Gasteiger partial charge >= 0.3 is 0 Å². The number of anilines is 2. The number of aryl methyl sites for hydroxylation is 2. The Morgan fingerprint density at radius 2 is 1.64 bits per heavy atom. The molecule has 0 radical (unpaired) electrons. The number of thiazole rings is 1. The SMILES string of the molecule is [C-]#[N+]c1ccc(N2C(=O)C(C)(C)N(c3ccc(OCCCCOCCCOCC(=O)N[C@H](C(=O)N4C[C@H](O)C[C@H]4C(=O)NCc4ccc(-c5scnc5C)cc4)C(C)(C)C)cc3)C2=S)cc1C. The molecule has 2 fully saturated rings. The lowest BCUT2D eigenvalue weighted by Gasteiger charge is -2.35. The Labute approximate surface area is 402 Å². The summed E-state index contributed by atoms with van der Waals surface area (Å²) in [5, 5.41) is 16.7. The maximum absolute atomic E-state index is 13.9. The first-order valence-corrected chi connectivity index (χ1v) is 23.8. The van der Waals surface area contributed by atoms with Crippen LogP contribution < -0.4 is 25.2 Å². The van der Waals surface area contributed by atoms with Crippen LogP contribution in [0.2, 0.25) is 0 Å². The maximum atomic E-state index is 13.9. The van der Waals surface area contributed by atoms with Gasteiger partial charge in [0, 0.05) is 50.7 Å². The number of hydrogen-bond acceptors (Lipinski definition) is 11. The number of likely N-dealkylation sites (tertiary alicyclic amines) is 1. The predicted molar refractivity (Wildman–Crippen MR) is 263 cm³/mol. The number of unbranched alkanes of at least 4 members (excludes halogenated alkanes) is 1. The van der Waals surface area contributed by atoms with Crippen molar-refractivity contribution in [1.82, 2.24) is 20.5 Å². The van der Waals surface area contributed by atoms with Gasteiger partial charge in [-0.25, -0.2) is 9.83 Å². The van der Waals surface area contributed by atoms with Crippen molar-refractivity contribution in [3.8, 4) is 16.2 Å². The molecule has 0 spiro atoms. The highest BCUT2D eigenvalue weighted by Gasteiger charge is 2.50. The molecule has 4 amide bonds. The van der Waals surface area contributed by atoms with Crippen LogP contribution >= 0.6 is 23.6 Å². The number of benzene rings is 3. The van der Waals surface area contributed by atoms with Crippen LogP contribution in [0.25, 0.3) is 15.3 Å². The second kappa shape index (κ2) is 22.4. The number of nitrogens with one attached hydrogen (secondary N) is 2. The van der Waals surface area contributed by atoms with Crippen molar-refractivity contribution in [2.24, 2.45) is 5.41 Å². The standard InChI is InChI=1S/C50H61N7O8S2/c1-32-26-37(18-21-40(32)51-8)56-47(62)50(6,7)57(48(56)66)36-16-19-39(20-17-36)65-25-10-9-22-63-23-11-24-64-30-42(59)54-44(49(3,4)5)46(61)55-29-38(58)27-41(55)45(60)52-28-34-12-14-35(15-13-34)43-33(2)53-31-67-43/h12-21,26,31,38,41,44,58H,9-11,22-25,27-30H2,1-7H3,(H,52,60)(H,54,59)/t38-,41+,44-/m1/s1. The van der Waals surface area contributed by atoms with E-state index in [4.69, 9.17) is 33.0 Å². The third kappa shape index (κ3) is 12.4. The molecule has 356 valence electrons. The number of thiocarbonyl (C=S) groups is 1. The number of nitrogens with zero attached hydrogens (tertiary/aromatic N) is 5. The third-order valence-corrected chi connectivity index (χ3v) is 13.1. The van der Waals surface area contributed by atoms with E-state index in [1.807, 2.05) is 113 Å². The van der Waals surface area contributed by atoms with Gasteiger partial charge in [0.05, 0.1) is 35.4 Å². The summed E-state index contributed by atoms with van der Waals surface area (Å²) < 4.78 is 17.3. The van der Waals surface area contributed by atoms with Crippen molar-refractivity contribution >= 4 is 69.4 Å². The van der Waals surface area contributed by atoms with E-state index in [-0.39, 0.29) is 44.5 Å². The van der Waals surface area contributed by atoms with Crippen molar-refractivity contribution in [3.63, 3.8) is 0 Å². The largest absolute Gasteiger partial charge is 0.494 e. The van der Waals surface area contributed by atoms with Gasteiger partial charge in [0.1, 0.15) is 30.0 Å². The lowest BCUT2D eigenvalue weighted by molar-refractivity contribution is -0.144. The van der Waals surface area contributed by atoms with Crippen molar-refractivity contribution < 1.29 is 38.5 Å². The monoisotopic (exact) mass is 951 g/mol. The molecule has 2 saturated heterocycles. The molecule has 2 aliphatic rings. The van der Waals surface area contributed by atoms with Crippen molar-refractivity contribution in [1.29, 1.82) is 0 Å². The Hall–Kier alpha value is -5.77. The van der Waals surface area contributed by atoms with Gasteiger partial charge in [0.2, 0.25) is 17.7 Å². The fourth-order valence-electron chi connectivity index (χ4n) is 8.06. The fourth-order valence-corrected chi connectivity index (χ4v) is 9.39. The van der Waals surface area contributed by atoms with Crippen LogP contribution in [0.4, 0.5) is 17.1 Å². The van der Waals surface area contributed by atoms with Gasteiger partial charge in [-0.2, -0.15) is 0 Å². The number of ether oxygens (including phenoxy) is 3. The van der Waals surface area contributed by atoms with Crippen LogP contribution in [-0.4, -0.2) is 107 Å². The zero-order chi connectivity index (χ0) is 48.5. The Morgan fingerprint density at radius 3 is 2.30 bits per heavy atom. The summed E-state index contributed by atoms with van der Waals surface area (Å²) in [6, 6.07) is 18.8. The highest BCUT2D eigenvalue weighted by atomic mass is 32.1. The average molecular weight is 952 g/mol. The summed E-state index contributed by atoms with van der Waals surface area (Å²) in [4.78, 5) is 67.6. The molecule has 3 N–H and O–H groups in total. The van der Waals surface area contributed by atoms with Gasteiger partial charge in [-0.1, -0.05) is 51.1 Å². The first-order valence-electron chi connectivity index (χ1n) is 22.5. The summed E-state index contributed by atoms with van der Waals surface area (Å²) in [5.74, 6) is -0.718. The number of rotatable bonds is 20. The number of aromatic nitrogens is 1. The van der Waals surface area contributed by atoms with Crippen molar-refractivity contribution in [2.75, 3.05) is 49.4 Å². The van der Waals surface area contributed by atoms with Crippen LogP contribution in [-0.2, 0) is 35.2 Å². The number of amides is 4. The molecular weight excluding hydrogens is 891 g/mol. The van der Waals surface area contributed by atoms with E-state index in [9.17, 15) is 24.3 Å². The molecule has 15 nitrogen and oxygen atoms in total. The van der Waals surface area contributed by atoms with Gasteiger partial charge in [0.15, 0.2) is 10.8 Å². The number of carbonyl (C=O) groups excluding carboxylic acids is 4. The number of carbonyl (C=O) groups is 4. The van der Waals surface area contributed by atoms with Crippen LogP contribution in [0.3, 0.4) is 0 Å².